The van der Waals surface area contributed by atoms with Gasteiger partial charge in [-0.1, -0.05) is 24.3 Å². The van der Waals surface area contributed by atoms with E-state index >= 15 is 0 Å². The van der Waals surface area contributed by atoms with E-state index in [1.165, 1.54) is 12.8 Å². The van der Waals surface area contributed by atoms with Gasteiger partial charge in [0.25, 0.3) is 0 Å². The van der Waals surface area contributed by atoms with Gasteiger partial charge in [0.2, 0.25) is 0 Å². The topological polar surface area (TPSA) is 0 Å². The minimum absolute atomic E-state index is 0. The summed E-state index contributed by atoms with van der Waals surface area (Å²) in [6.45, 7) is 0. The second kappa shape index (κ2) is 2.49. The molecule has 1 aromatic rings. The van der Waals surface area contributed by atoms with Crippen LogP contribution in [0.4, 0.5) is 0 Å². The molecule has 0 spiro atoms. The van der Waals surface area contributed by atoms with Crippen LogP contribution in [0.3, 0.4) is 0 Å². The Labute approximate surface area is 58.9 Å². The molecule has 0 amide bonds. The van der Waals surface area contributed by atoms with E-state index in [1.807, 2.05) is 0 Å². The van der Waals surface area contributed by atoms with Gasteiger partial charge in [-0.3, -0.25) is 0 Å². The average Bonchev–Trinajstić information content (AvgIpc) is 1.72. The molecule has 0 heterocycles. The van der Waals surface area contributed by atoms with Gasteiger partial charge in [-0.15, -0.1) is 0 Å². The second-order valence-corrected chi connectivity index (χ2v) is 2.27. The van der Waals surface area contributed by atoms with Gasteiger partial charge < -0.3 is 0 Å². The number of aryl methyl sites for hydroxylation is 2. The van der Waals surface area contributed by atoms with Crippen LogP contribution in [0.1, 0.15) is 11.1 Å². The smallest absolute Gasteiger partial charge is 0.0235 e. The number of fused-ring (bicyclic) bond motifs is 1. The first kappa shape index (κ1) is 6.77. The molecule has 0 nitrogen and oxygen atoms in total. The van der Waals surface area contributed by atoms with E-state index in [9.17, 15) is 0 Å². The van der Waals surface area contributed by atoms with Crippen molar-refractivity contribution in [2.75, 3.05) is 0 Å². The lowest BCUT2D eigenvalue weighted by atomic mass is 9.89. The summed E-state index contributed by atoms with van der Waals surface area (Å²) in [6.07, 6.45) is 2.60. The molecule has 9 heavy (non-hydrogen) atoms. The molecule has 0 fully saturated rings. The van der Waals surface area contributed by atoms with E-state index in [-0.39, 0.29) is 9.90 Å². The highest BCUT2D eigenvalue weighted by Gasteiger charge is 2.09. The molecule has 0 saturated heterocycles. The second-order valence-electron chi connectivity index (χ2n) is 2.27. The lowest BCUT2D eigenvalue weighted by Crippen LogP contribution is -2.06. The molecule has 0 radical (unpaired) electrons. The van der Waals surface area contributed by atoms with Gasteiger partial charge in [0.1, 0.15) is 0 Å². The van der Waals surface area contributed by atoms with Gasteiger partial charge in [-0.25, -0.2) is 0 Å². The summed E-state index contributed by atoms with van der Waals surface area (Å²) in [6, 6.07) is 8.63. The van der Waals surface area contributed by atoms with Crippen LogP contribution in [0.5, 0.6) is 0 Å². The van der Waals surface area contributed by atoms with Gasteiger partial charge in [0.05, 0.1) is 0 Å². The van der Waals surface area contributed by atoms with Gasteiger partial charge in [-0.2, -0.15) is 9.90 Å². The Kier molecular flexibility index (Phi) is 1.87. The Balaban J connectivity index is 0.000000405. The molecule has 0 aliphatic heterocycles. The molecule has 48 valence electrons. The number of rotatable bonds is 0. The molecular weight excluding hydrogens is 127 g/mol. The van der Waals surface area contributed by atoms with Crippen molar-refractivity contribution >= 4 is 9.90 Å². The first-order valence-corrected chi connectivity index (χ1v) is 3.03. The maximum absolute atomic E-state index is 2.21. The Bertz CT molecular complexity index is 182. The highest BCUT2D eigenvalue weighted by atomic mass is 31.0. The highest BCUT2D eigenvalue weighted by Crippen LogP contribution is 2.20. The first-order valence-electron chi connectivity index (χ1n) is 3.03. The van der Waals surface area contributed by atoms with Gasteiger partial charge in [0.15, 0.2) is 0 Å². The summed E-state index contributed by atoms with van der Waals surface area (Å²) < 4.78 is 0. The van der Waals surface area contributed by atoms with Crippen LogP contribution in [-0.2, 0) is 12.8 Å². The predicted octanol–water partition coefficient (Wildman–Crippen LogP) is 1.84. The van der Waals surface area contributed by atoms with Crippen LogP contribution in [0.25, 0.3) is 0 Å². The van der Waals surface area contributed by atoms with Crippen molar-refractivity contribution < 1.29 is 0 Å². The van der Waals surface area contributed by atoms with Crippen molar-refractivity contribution in [2.24, 2.45) is 0 Å². The molecule has 1 atom stereocenters. The molecule has 0 saturated carbocycles. The average molecular weight is 138 g/mol. The molecule has 2 rings (SSSR count). The van der Waals surface area contributed by atoms with Crippen LogP contribution >= 0.6 is 9.90 Å². The third-order valence-corrected chi connectivity index (χ3v) is 1.78. The molecule has 1 aliphatic rings. The van der Waals surface area contributed by atoms with Gasteiger partial charge in [0, 0.05) is 0 Å². The first-order chi connectivity index (χ1) is 3.97. The number of hydrogen-bond acceptors (Lipinski definition) is 0. The van der Waals surface area contributed by atoms with Crippen LogP contribution in [0.15, 0.2) is 24.3 Å². The molecule has 0 bridgehead atoms. The van der Waals surface area contributed by atoms with Crippen LogP contribution in [0, 0.1) is 0 Å². The minimum Gasteiger partial charge on any atom is -0.153 e. The van der Waals surface area contributed by atoms with Crippen molar-refractivity contribution in [2.45, 2.75) is 12.8 Å². The van der Waals surface area contributed by atoms with Crippen LogP contribution < -0.4 is 0 Å². The molecule has 1 aliphatic carbocycles. The Hall–Kier alpha value is -0.350. The Morgan fingerprint density at radius 2 is 1.33 bits per heavy atom. The lowest BCUT2D eigenvalue weighted by Gasteiger charge is -2.16. The molecule has 0 N–H and O–H groups in total. The van der Waals surface area contributed by atoms with Crippen molar-refractivity contribution in [3.8, 4) is 0 Å². The van der Waals surface area contributed by atoms with Crippen molar-refractivity contribution in [1.82, 2.24) is 0 Å². The zero-order chi connectivity index (χ0) is 5.40. The Morgan fingerprint density at radius 1 is 0.889 bits per heavy atom. The molecule has 1 heteroatoms. The fourth-order valence-electron chi connectivity index (χ4n) is 1.14. The summed E-state index contributed by atoms with van der Waals surface area (Å²) in [4.78, 5) is 0. The largest absolute Gasteiger partial charge is 0.153 e. The van der Waals surface area contributed by atoms with E-state index in [0.29, 0.717) is 0 Å². The fraction of sp³-hybridized carbons (Fsp3) is 0.250. The number of hydrogen-bond donors (Lipinski definition) is 0. The van der Waals surface area contributed by atoms with E-state index < -0.39 is 0 Å². The SMILES string of the molecule is P.c1ccc2c(c1)CC2. The third-order valence-electron chi connectivity index (χ3n) is 1.78. The van der Waals surface area contributed by atoms with Gasteiger partial charge in [-0.05, 0) is 24.0 Å². The normalized spacial score (nSPS) is 12.9. The number of benzene rings is 1. The quantitative estimate of drug-likeness (QED) is 0.480. The summed E-state index contributed by atoms with van der Waals surface area (Å²) in [5.41, 5.74) is 3.10. The maximum Gasteiger partial charge on any atom is -0.0235 e. The predicted molar refractivity (Wildman–Crippen MR) is 45.0 cm³/mol. The van der Waals surface area contributed by atoms with E-state index in [1.54, 1.807) is 11.1 Å². The maximum atomic E-state index is 2.21. The zero-order valence-electron chi connectivity index (χ0n) is 5.43. The summed E-state index contributed by atoms with van der Waals surface area (Å²) >= 11 is 0. The van der Waals surface area contributed by atoms with Gasteiger partial charge >= 0.3 is 0 Å². The molecule has 0 aromatic heterocycles. The lowest BCUT2D eigenvalue weighted by molar-refractivity contribution is 0.839. The van der Waals surface area contributed by atoms with Crippen molar-refractivity contribution in [3.63, 3.8) is 0 Å². The summed E-state index contributed by atoms with van der Waals surface area (Å²) in [5.74, 6) is 0. The molecule has 1 unspecified atom stereocenters. The van der Waals surface area contributed by atoms with Crippen LogP contribution in [-0.4, -0.2) is 0 Å². The molecular formula is C8H11P. The summed E-state index contributed by atoms with van der Waals surface area (Å²) in [7, 11) is 0. The highest BCUT2D eigenvalue weighted by molar-refractivity contribution is 6.92. The van der Waals surface area contributed by atoms with Crippen molar-refractivity contribution in [1.29, 1.82) is 0 Å². The zero-order valence-corrected chi connectivity index (χ0v) is 6.84. The Morgan fingerprint density at radius 3 is 1.56 bits per heavy atom. The fourth-order valence-corrected chi connectivity index (χ4v) is 1.14. The standard InChI is InChI=1S/C8H8.H3P/c1-2-4-8-6-5-7(8)3-1;/h1-4H,5-6H2;1H3. The van der Waals surface area contributed by atoms with Crippen molar-refractivity contribution in [3.05, 3.63) is 35.4 Å². The minimum atomic E-state index is 0. The monoisotopic (exact) mass is 138 g/mol. The van der Waals surface area contributed by atoms with E-state index in [0.717, 1.165) is 0 Å². The van der Waals surface area contributed by atoms with E-state index in [4.69, 9.17) is 0 Å². The summed E-state index contributed by atoms with van der Waals surface area (Å²) in [5, 5.41) is 0. The van der Waals surface area contributed by atoms with Crippen LogP contribution in [0.2, 0.25) is 0 Å². The molecule has 1 aromatic carbocycles. The van der Waals surface area contributed by atoms with E-state index in [2.05, 4.69) is 24.3 Å². The third kappa shape index (κ3) is 0.997.